The predicted molar refractivity (Wildman–Crippen MR) is 116 cm³/mol. The molecule has 0 saturated carbocycles. The summed E-state index contributed by atoms with van der Waals surface area (Å²) in [5.41, 5.74) is 7.71. The number of ketones is 1. The van der Waals surface area contributed by atoms with Gasteiger partial charge < -0.3 is 0 Å². The normalized spacial score (nSPS) is 12.9. The van der Waals surface area contributed by atoms with E-state index in [1.165, 1.54) is 11.1 Å². The van der Waals surface area contributed by atoms with Crippen LogP contribution in [-0.4, -0.2) is 11.5 Å². The van der Waals surface area contributed by atoms with E-state index in [9.17, 15) is 4.79 Å². The molecule has 28 heavy (non-hydrogen) atoms. The van der Waals surface area contributed by atoms with Gasteiger partial charge in [0.2, 0.25) is 0 Å². The maximum Gasteiger partial charge on any atom is 0.194 e. The molecule has 0 saturated heterocycles. The summed E-state index contributed by atoms with van der Waals surface area (Å²) in [6.45, 7) is 8.82. The number of carbonyl (C=O) groups is 1. The van der Waals surface area contributed by atoms with Gasteiger partial charge in [0.05, 0.1) is 11.4 Å². The molecule has 0 amide bonds. The first-order chi connectivity index (χ1) is 13.5. The van der Waals surface area contributed by atoms with Crippen LogP contribution in [0.25, 0.3) is 0 Å². The molecule has 1 aliphatic rings. The SMILES string of the molecule is CC(C)c1cccc(C(C)C)c1N=C1c2ccccc2C(=O)c2ccccc21. The fraction of sp³-hybridized carbons (Fsp3) is 0.231. The van der Waals surface area contributed by atoms with Gasteiger partial charge in [-0.2, -0.15) is 0 Å². The number of benzene rings is 3. The van der Waals surface area contributed by atoms with E-state index in [2.05, 4.69) is 45.9 Å². The van der Waals surface area contributed by atoms with E-state index >= 15 is 0 Å². The van der Waals surface area contributed by atoms with Crippen LogP contribution in [0.15, 0.2) is 71.7 Å². The summed E-state index contributed by atoms with van der Waals surface area (Å²) < 4.78 is 0. The Morgan fingerprint density at radius 1 is 0.607 bits per heavy atom. The second-order valence-electron chi connectivity index (χ2n) is 7.98. The quantitative estimate of drug-likeness (QED) is 0.399. The number of fused-ring (bicyclic) bond motifs is 2. The molecule has 0 spiro atoms. The first-order valence-corrected chi connectivity index (χ1v) is 9.94. The Morgan fingerprint density at radius 3 is 1.46 bits per heavy atom. The van der Waals surface area contributed by atoms with Crippen LogP contribution in [0.5, 0.6) is 0 Å². The van der Waals surface area contributed by atoms with Gasteiger partial charge in [-0.25, -0.2) is 4.99 Å². The molecule has 2 nitrogen and oxygen atoms in total. The van der Waals surface area contributed by atoms with Crippen LogP contribution in [0.1, 0.15) is 77.7 Å². The largest absolute Gasteiger partial charge is 0.289 e. The molecule has 0 radical (unpaired) electrons. The van der Waals surface area contributed by atoms with Gasteiger partial charge in [-0.1, -0.05) is 94.4 Å². The van der Waals surface area contributed by atoms with Gasteiger partial charge in [0, 0.05) is 22.3 Å². The van der Waals surface area contributed by atoms with Gasteiger partial charge in [0.25, 0.3) is 0 Å². The summed E-state index contributed by atoms with van der Waals surface area (Å²) in [5, 5.41) is 0. The summed E-state index contributed by atoms with van der Waals surface area (Å²) in [4.78, 5) is 18.2. The number of para-hydroxylation sites is 1. The molecule has 140 valence electrons. The summed E-state index contributed by atoms with van der Waals surface area (Å²) >= 11 is 0. The van der Waals surface area contributed by atoms with Gasteiger partial charge in [-0.05, 0) is 23.0 Å². The second-order valence-corrected chi connectivity index (χ2v) is 7.98. The maximum absolute atomic E-state index is 13.0. The molecule has 2 heteroatoms. The van der Waals surface area contributed by atoms with Crippen LogP contribution < -0.4 is 0 Å². The van der Waals surface area contributed by atoms with Crippen LogP contribution in [-0.2, 0) is 0 Å². The molecule has 0 fully saturated rings. The van der Waals surface area contributed by atoms with E-state index in [1.807, 2.05) is 48.5 Å². The van der Waals surface area contributed by atoms with E-state index in [-0.39, 0.29) is 5.78 Å². The van der Waals surface area contributed by atoms with Crippen LogP contribution in [0.4, 0.5) is 5.69 Å². The Morgan fingerprint density at radius 2 is 1.04 bits per heavy atom. The third-order valence-corrected chi connectivity index (χ3v) is 5.42. The van der Waals surface area contributed by atoms with Crippen LogP contribution >= 0.6 is 0 Å². The first kappa shape index (κ1) is 18.4. The van der Waals surface area contributed by atoms with Crippen molar-refractivity contribution in [1.82, 2.24) is 0 Å². The molecule has 0 N–H and O–H groups in total. The zero-order chi connectivity index (χ0) is 19.8. The number of hydrogen-bond acceptors (Lipinski definition) is 2. The summed E-state index contributed by atoms with van der Waals surface area (Å²) in [6.07, 6.45) is 0. The lowest BCUT2D eigenvalue weighted by molar-refractivity contribution is 0.103. The fourth-order valence-corrected chi connectivity index (χ4v) is 3.94. The molecule has 0 atom stereocenters. The van der Waals surface area contributed by atoms with Crippen LogP contribution in [0, 0.1) is 0 Å². The van der Waals surface area contributed by atoms with Crippen molar-refractivity contribution in [2.75, 3.05) is 0 Å². The third-order valence-electron chi connectivity index (χ3n) is 5.42. The molecular weight excluding hydrogens is 342 g/mol. The number of aliphatic imine (C=N–C) groups is 1. The number of nitrogens with zero attached hydrogens (tertiary/aromatic N) is 1. The van der Waals surface area contributed by atoms with Gasteiger partial charge in [0.1, 0.15) is 0 Å². The summed E-state index contributed by atoms with van der Waals surface area (Å²) in [7, 11) is 0. The number of hydrogen-bond donors (Lipinski definition) is 0. The van der Waals surface area contributed by atoms with Crippen LogP contribution in [0.3, 0.4) is 0 Å². The zero-order valence-electron chi connectivity index (χ0n) is 16.9. The van der Waals surface area contributed by atoms with Gasteiger partial charge >= 0.3 is 0 Å². The molecule has 0 aromatic heterocycles. The maximum atomic E-state index is 13.0. The smallest absolute Gasteiger partial charge is 0.194 e. The predicted octanol–water partition coefficient (Wildman–Crippen LogP) is 6.65. The van der Waals surface area contributed by atoms with E-state index in [4.69, 9.17) is 4.99 Å². The first-order valence-electron chi connectivity index (χ1n) is 9.94. The lowest BCUT2D eigenvalue weighted by Crippen LogP contribution is -2.21. The number of rotatable bonds is 3. The van der Waals surface area contributed by atoms with Crippen molar-refractivity contribution >= 4 is 17.2 Å². The van der Waals surface area contributed by atoms with E-state index < -0.39 is 0 Å². The Hall–Kier alpha value is -3.00. The molecule has 0 unspecified atom stereocenters. The molecule has 0 heterocycles. The van der Waals surface area contributed by atoms with Gasteiger partial charge in [0.15, 0.2) is 5.78 Å². The Labute approximate surface area is 167 Å². The standard InChI is InChI=1S/C26H25NO/c1-16(2)18-14-9-15-19(17(3)4)24(18)27-25-20-10-5-7-12-22(20)26(28)23-13-8-6-11-21(23)25/h5-17H,1-4H3. The highest BCUT2D eigenvalue weighted by Gasteiger charge is 2.28. The highest BCUT2D eigenvalue weighted by Crippen LogP contribution is 2.37. The van der Waals surface area contributed by atoms with Crippen molar-refractivity contribution in [3.63, 3.8) is 0 Å². The van der Waals surface area contributed by atoms with E-state index in [1.54, 1.807) is 0 Å². The fourth-order valence-electron chi connectivity index (χ4n) is 3.94. The van der Waals surface area contributed by atoms with Crippen molar-refractivity contribution in [3.8, 4) is 0 Å². The van der Waals surface area contributed by atoms with Crippen molar-refractivity contribution in [2.45, 2.75) is 39.5 Å². The van der Waals surface area contributed by atoms with Crippen molar-refractivity contribution < 1.29 is 4.79 Å². The topological polar surface area (TPSA) is 29.4 Å². The zero-order valence-corrected chi connectivity index (χ0v) is 16.9. The molecule has 3 aromatic carbocycles. The van der Waals surface area contributed by atoms with E-state index in [0.29, 0.717) is 11.8 Å². The lowest BCUT2D eigenvalue weighted by Gasteiger charge is -2.22. The minimum Gasteiger partial charge on any atom is -0.289 e. The van der Waals surface area contributed by atoms with Crippen molar-refractivity contribution in [2.24, 2.45) is 4.99 Å². The molecular formula is C26H25NO. The minimum atomic E-state index is 0.0753. The Bertz CT molecular complexity index is 1010. The summed E-state index contributed by atoms with van der Waals surface area (Å²) in [5.74, 6) is 0.814. The van der Waals surface area contributed by atoms with Crippen molar-refractivity contribution in [3.05, 3.63) is 100 Å². The Kier molecular flexibility index (Phi) is 4.72. The van der Waals surface area contributed by atoms with Gasteiger partial charge in [-0.3, -0.25) is 4.79 Å². The number of carbonyl (C=O) groups excluding carboxylic acids is 1. The highest BCUT2D eigenvalue weighted by atomic mass is 16.1. The molecule has 4 rings (SSSR count). The second kappa shape index (κ2) is 7.20. The molecule has 0 aliphatic heterocycles. The molecule has 1 aliphatic carbocycles. The lowest BCUT2D eigenvalue weighted by atomic mass is 9.83. The molecule has 0 bridgehead atoms. The average Bonchev–Trinajstić information content (AvgIpc) is 2.70. The van der Waals surface area contributed by atoms with E-state index in [0.717, 1.165) is 33.7 Å². The average molecular weight is 367 g/mol. The van der Waals surface area contributed by atoms with Crippen molar-refractivity contribution in [1.29, 1.82) is 0 Å². The molecule has 3 aromatic rings. The van der Waals surface area contributed by atoms with Crippen LogP contribution in [0.2, 0.25) is 0 Å². The summed E-state index contributed by atoms with van der Waals surface area (Å²) in [6, 6.07) is 22.1. The highest BCUT2D eigenvalue weighted by molar-refractivity contribution is 6.30. The third kappa shape index (κ3) is 2.99. The van der Waals surface area contributed by atoms with Gasteiger partial charge in [-0.15, -0.1) is 0 Å². The minimum absolute atomic E-state index is 0.0753. The monoisotopic (exact) mass is 367 g/mol. The Balaban J connectivity index is 2.05.